The van der Waals surface area contributed by atoms with Crippen LogP contribution < -0.4 is 0 Å². The third kappa shape index (κ3) is 2.01. The minimum Gasteiger partial charge on any atom is -0.249 e. The highest BCUT2D eigenvalue weighted by Crippen LogP contribution is 2.24. The Morgan fingerprint density at radius 2 is 2.27 bits per heavy atom. The Hall–Kier alpha value is -0.990. The van der Waals surface area contributed by atoms with Crippen molar-refractivity contribution in [1.29, 1.82) is 0 Å². The lowest BCUT2D eigenvalue weighted by Gasteiger charge is -1.88. The Bertz CT molecular complexity index is 588. The van der Waals surface area contributed by atoms with Gasteiger partial charge in [-0.1, -0.05) is 0 Å². The van der Waals surface area contributed by atoms with E-state index >= 15 is 0 Å². The highest BCUT2D eigenvalue weighted by molar-refractivity contribution is 8.13. The molecule has 0 aliphatic rings. The molecule has 0 aliphatic carbocycles. The number of halogens is 1. The van der Waals surface area contributed by atoms with E-state index in [2.05, 4.69) is 20.2 Å². The first-order valence-electron chi connectivity index (χ1n) is 3.76. The fourth-order valence-electron chi connectivity index (χ4n) is 0.974. The molecule has 2 rings (SSSR count). The van der Waals surface area contributed by atoms with Crippen LogP contribution >= 0.6 is 22.0 Å². The summed E-state index contributed by atoms with van der Waals surface area (Å²) in [7, 11) is 1.24. The Balaban J connectivity index is 2.50. The Morgan fingerprint density at radius 1 is 1.53 bits per heavy atom. The van der Waals surface area contributed by atoms with Crippen molar-refractivity contribution >= 4 is 31.1 Å². The Kier molecular flexibility index (Phi) is 2.49. The van der Waals surface area contributed by atoms with Gasteiger partial charge >= 0.3 is 0 Å². The van der Waals surface area contributed by atoms with Gasteiger partial charge in [-0.15, -0.1) is 11.3 Å². The van der Waals surface area contributed by atoms with Crippen LogP contribution in [0.2, 0.25) is 0 Å². The molecule has 0 fully saturated rings. The van der Waals surface area contributed by atoms with Gasteiger partial charge in [0.15, 0.2) is 5.82 Å². The monoisotopic (exact) mass is 264 g/mol. The highest BCUT2D eigenvalue weighted by Gasteiger charge is 2.18. The molecule has 9 heteroatoms. The molecular formula is C6H5ClN4O2S2. The minimum atomic E-state index is -3.86. The van der Waals surface area contributed by atoms with Crippen molar-refractivity contribution < 1.29 is 8.42 Å². The smallest absolute Gasteiger partial charge is 0.249 e. The predicted octanol–water partition coefficient (Wildman–Crippen LogP) is 1.16. The molecule has 0 atom stereocenters. The summed E-state index contributed by atoms with van der Waals surface area (Å²) in [5.41, 5.74) is 2.38. The van der Waals surface area contributed by atoms with Gasteiger partial charge in [-0.25, -0.2) is 18.5 Å². The van der Waals surface area contributed by atoms with Gasteiger partial charge in [0, 0.05) is 10.7 Å². The molecule has 2 heterocycles. The van der Waals surface area contributed by atoms with Crippen LogP contribution in [-0.2, 0) is 9.05 Å². The summed E-state index contributed by atoms with van der Waals surface area (Å²) in [6, 6.07) is 0. The van der Waals surface area contributed by atoms with Crippen molar-refractivity contribution in [2.45, 2.75) is 12.1 Å². The second-order valence-corrected chi connectivity index (χ2v) is 6.00. The van der Waals surface area contributed by atoms with Gasteiger partial charge in [0.05, 0.1) is 16.1 Å². The standard InChI is InChI=1S/C6H5ClN4O2S2/c1-3-4(14-2-8-3)5-9-6(11-10-5)15(7,12)13/h2H,1H3,(H,9,10,11). The van der Waals surface area contributed by atoms with E-state index in [0.717, 1.165) is 10.6 Å². The van der Waals surface area contributed by atoms with E-state index in [0.29, 0.717) is 0 Å². The molecule has 1 N–H and O–H groups in total. The molecule has 0 amide bonds. The number of nitrogens with one attached hydrogen (secondary N) is 1. The van der Waals surface area contributed by atoms with Crippen LogP contribution in [0.1, 0.15) is 5.69 Å². The number of nitrogens with zero attached hydrogens (tertiary/aromatic N) is 3. The third-order valence-corrected chi connectivity index (χ3v) is 3.65. The number of aromatic amines is 1. The molecule has 6 nitrogen and oxygen atoms in total. The topological polar surface area (TPSA) is 88.6 Å². The Morgan fingerprint density at radius 3 is 2.73 bits per heavy atom. The number of rotatable bonds is 2. The summed E-state index contributed by atoms with van der Waals surface area (Å²) in [6.45, 7) is 1.79. The molecule has 0 unspecified atom stereocenters. The summed E-state index contributed by atoms with van der Waals surface area (Å²) in [4.78, 5) is 8.50. The van der Waals surface area contributed by atoms with E-state index < -0.39 is 9.05 Å². The molecule has 0 bridgehead atoms. The van der Waals surface area contributed by atoms with Crippen LogP contribution in [0.4, 0.5) is 0 Å². The van der Waals surface area contributed by atoms with Crippen molar-refractivity contribution in [3.8, 4) is 10.7 Å². The molecule has 0 aliphatic heterocycles. The van der Waals surface area contributed by atoms with Gasteiger partial charge in [0.1, 0.15) is 0 Å². The summed E-state index contributed by atoms with van der Waals surface area (Å²) >= 11 is 1.33. The summed E-state index contributed by atoms with van der Waals surface area (Å²) in [5.74, 6) is 0.286. The zero-order valence-electron chi connectivity index (χ0n) is 7.43. The van der Waals surface area contributed by atoms with Crippen molar-refractivity contribution in [1.82, 2.24) is 20.2 Å². The number of aryl methyl sites for hydroxylation is 1. The third-order valence-electron chi connectivity index (χ3n) is 1.64. The maximum Gasteiger partial charge on any atom is 0.296 e. The number of thiazole rings is 1. The Labute approximate surface area is 93.8 Å². The first-order valence-corrected chi connectivity index (χ1v) is 6.95. The quantitative estimate of drug-likeness (QED) is 0.823. The van der Waals surface area contributed by atoms with Gasteiger partial charge in [-0.05, 0) is 6.92 Å². The highest BCUT2D eigenvalue weighted by atomic mass is 35.7. The fraction of sp³-hybridized carbons (Fsp3) is 0.167. The second-order valence-electron chi connectivity index (χ2n) is 2.67. The number of aromatic nitrogens is 4. The van der Waals surface area contributed by atoms with Crippen LogP contribution in [0.15, 0.2) is 10.7 Å². The lowest BCUT2D eigenvalue weighted by Crippen LogP contribution is -1.92. The lowest BCUT2D eigenvalue weighted by atomic mass is 10.4. The fourth-order valence-corrected chi connectivity index (χ4v) is 2.27. The van der Waals surface area contributed by atoms with Crippen LogP contribution in [0.3, 0.4) is 0 Å². The molecular weight excluding hydrogens is 260 g/mol. The predicted molar refractivity (Wildman–Crippen MR) is 55.3 cm³/mol. The van der Waals surface area contributed by atoms with Crippen molar-refractivity contribution in [3.63, 3.8) is 0 Å². The zero-order valence-corrected chi connectivity index (χ0v) is 9.82. The normalized spacial score (nSPS) is 11.9. The van der Waals surface area contributed by atoms with Crippen LogP contribution in [-0.4, -0.2) is 28.6 Å². The van der Waals surface area contributed by atoms with E-state index in [1.54, 1.807) is 12.4 Å². The summed E-state index contributed by atoms with van der Waals surface area (Å²) in [6.07, 6.45) is 0. The van der Waals surface area contributed by atoms with Crippen molar-refractivity contribution in [2.24, 2.45) is 0 Å². The summed E-state index contributed by atoms with van der Waals surface area (Å²) < 4.78 is 21.8. The SMILES string of the molecule is Cc1ncsc1-c1n[nH]c(S(=O)(=O)Cl)n1. The van der Waals surface area contributed by atoms with Crippen LogP contribution in [0, 0.1) is 6.92 Å². The largest absolute Gasteiger partial charge is 0.296 e. The lowest BCUT2D eigenvalue weighted by molar-refractivity contribution is 0.602. The van der Waals surface area contributed by atoms with Gasteiger partial charge in [0.25, 0.3) is 14.2 Å². The first kappa shape index (κ1) is 10.5. The second kappa shape index (κ2) is 3.54. The number of H-pyrrole nitrogens is 1. The molecule has 0 aromatic carbocycles. The molecule has 2 aromatic heterocycles. The maximum absolute atomic E-state index is 10.9. The zero-order chi connectivity index (χ0) is 11.1. The summed E-state index contributed by atoms with van der Waals surface area (Å²) in [5, 5.41) is 5.66. The molecule has 15 heavy (non-hydrogen) atoms. The van der Waals surface area contributed by atoms with Crippen molar-refractivity contribution in [2.75, 3.05) is 0 Å². The van der Waals surface area contributed by atoms with Crippen LogP contribution in [0.5, 0.6) is 0 Å². The van der Waals surface area contributed by atoms with E-state index in [9.17, 15) is 8.42 Å². The van der Waals surface area contributed by atoms with E-state index in [4.69, 9.17) is 10.7 Å². The van der Waals surface area contributed by atoms with Gasteiger partial charge in [0.2, 0.25) is 0 Å². The molecule has 80 valence electrons. The number of hydrogen-bond acceptors (Lipinski definition) is 6. The molecule has 0 saturated carbocycles. The van der Waals surface area contributed by atoms with Gasteiger partial charge in [-0.3, -0.25) is 0 Å². The van der Waals surface area contributed by atoms with Crippen molar-refractivity contribution in [3.05, 3.63) is 11.2 Å². The first-order chi connectivity index (χ1) is 6.98. The molecule has 0 spiro atoms. The van der Waals surface area contributed by atoms with Gasteiger partial charge in [-0.2, -0.15) is 10.1 Å². The molecule has 0 radical (unpaired) electrons. The number of hydrogen-bond donors (Lipinski definition) is 1. The van der Waals surface area contributed by atoms with Crippen LogP contribution in [0.25, 0.3) is 10.7 Å². The van der Waals surface area contributed by atoms with E-state index in [1.165, 1.54) is 11.3 Å². The average Bonchev–Trinajstić information content (AvgIpc) is 2.69. The molecule has 2 aromatic rings. The van der Waals surface area contributed by atoms with Gasteiger partial charge < -0.3 is 0 Å². The average molecular weight is 265 g/mol. The maximum atomic E-state index is 10.9. The minimum absolute atomic E-state index is 0.286. The molecule has 0 saturated heterocycles. The van der Waals surface area contributed by atoms with E-state index in [-0.39, 0.29) is 11.0 Å². The van der Waals surface area contributed by atoms with E-state index in [1.807, 2.05) is 0 Å².